The first kappa shape index (κ1) is 17.1. The maximum atomic E-state index is 12.4. The number of ether oxygens (including phenoxy) is 1. The van der Waals surface area contributed by atoms with Crippen molar-refractivity contribution >= 4 is 23.0 Å². The Balaban J connectivity index is 1.84. The second-order valence-corrected chi connectivity index (χ2v) is 5.61. The molecule has 0 unspecified atom stereocenters. The van der Waals surface area contributed by atoms with Crippen molar-refractivity contribution in [3.63, 3.8) is 0 Å². The molecule has 0 spiro atoms. The van der Waals surface area contributed by atoms with Crippen molar-refractivity contribution in [2.24, 2.45) is 0 Å². The molecule has 128 valence electrons. The molecule has 7 heteroatoms. The molecule has 1 N–H and O–H groups in total. The van der Waals surface area contributed by atoms with Crippen molar-refractivity contribution in [1.29, 1.82) is 0 Å². The van der Waals surface area contributed by atoms with Crippen molar-refractivity contribution in [3.05, 3.63) is 72.0 Å². The highest BCUT2D eigenvalue weighted by atomic mass is 35.5. The van der Waals surface area contributed by atoms with Gasteiger partial charge in [0.15, 0.2) is 0 Å². The third kappa shape index (κ3) is 4.87. The van der Waals surface area contributed by atoms with E-state index in [1.165, 1.54) is 18.2 Å². The Morgan fingerprint density at radius 1 is 0.880 bits per heavy atom. The Morgan fingerprint density at radius 3 is 2.36 bits per heavy atom. The second kappa shape index (κ2) is 7.03. The summed E-state index contributed by atoms with van der Waals surface area (Å²) in [5.74, 6) is -0.277. The molecule has 0 saturated carbocycles. The van der Waals surface area contributed by atoms with Crippen LogP contribution in [-0.4, -0.2) is 11.3 Å². The third-order valence-corrected chi connectivity index (χ3v) is 3.52. The molecule has 0 radical (unpaired) electrons. The summed E-state index contributed by atoms with van der Waals surface area (Å²) in [4.78, 5) is 4.13. The van der Waals surface area contributed by atoms with Crippen molar-refractivity contribution < 1.29 is 17.9 Å². The normalized spacial score (nSPS) is 11.2. The molecule has 0 aliphatic heterocycles. The van der Waals surface area contributed by atoms with Gasteiger partial charge in [0.05, 0.1) is 11.9 Å². The summed E-state index contributed by atoms with van der Waals surface area (Å²) < 4.78 is 41.0. The standard InChI is InChI=1S/C18H12ClF3N2O/c19-14-4-6-15(7-5-14)24-16-8-13(10-23-11-16)12-2-1-3-17(9-12)25-18(20,21)22/h1-11,24H. The third-order valence-electron chi connectivity index (χ3n) is 3.27. The molecular formula is C18H12ClF3N2O. The maximum Gasteiger partial charge on any atom is 0.573 e. The average molecular weight is 365 g/mol. The zero-order valence-corrected chi connectivity index (χ0v) is 13.5. The van der Waals surface area contributed by atoms with Gasteiger partial charge < -0.3 is 10.1 Å². The fourth-order valence-corrected chi connectivity index (χ4v) is 2.36. The predicted octanol–water partition coefficient (Wildman–Crippen LogP) is 6.04. The van der Waals surface area contributed by atoms with E-state index in [0.29, 0.717) is 21.8 Å². The van der Waals surface area contributed by atoms with Crippen LogP contribution < -0.4 is 10.1 Å². The monoisotopic (exact) mass is 364 g/mol. The SMILES string of the molecule is FC(F)(F)Oc1cccc(-c2cncc(Nc3ccc(Cl)cc3)c2)c1. The fraction of sp³-hybridized carbons (Fsp3) is 0.0556. The van der Waals surface area contributed by atoms with Gasteiger partial charge >= 0.3 is 6.36 Å². The van der Waals surface area contributed by atoms with Crippen LogP contribution in [0.3, 0.4) is 0 Å². The van der Waals surface area contributed by atoms with Crippen molar-refractivity contribution in [1.82, 2.24) is 4.98 Å². The topological polar surface area (TPSA) is 34.1 Å². The van der Waals surface area contributed by atoms with Crippen LogP contribution in [0.2, 0.25) is 5.02 Å². The number of hydrogen-bond acceptors (Lipinski definition) is 3. The first-order chi connectivity index (χ1) is 11.9. The predicted molar refractivity (Wildman–Crippen MR) is 91.1 cm³/mol. The Hall–Kier alpha value is -2.73. The zero-order valence-electron chi connectivity index (χ0n) is 12.7. The number of pyridine rings is 1. The molecule has 0 saturated heterocycles. The molecule has 0 bridgehead atoms. The van der Waals surface area contributed by atoms with E-state index in [2.05, 4.69) is 15.0 Å². The van der Waals surface area contributed by atoms with Gasteiger partial charge in [-0.15, -0.1) is 13.2 Å². The van der Waals surface area contributed by atoms with E-state index in [1.54, 1.807) is 36.7 Å². The molecule has 0 aliphatic rings. The van der Waals surface area contributed by atoms with Gasteiger partial charge in [-0.25, -0.2) is 0 Å². The Labute approximate surface area is 147 Å². The van der Waals surface area contributed by atoms with Crippen LogP contribution in [0.4, 0.5) is 24.5 Å². The van der Waals surface area contributed by atoms with E-state index < -0.39 is 6.36 Å². The molecule has 3 nitrogen and oxygen atoms in total. The van der Waals surface area contributed by atoms with Crippen LogP contribution in [-0.2, 0) is 0 Å². The number of hydrogen-bond donors (Lipinski definition) is 1. The minimum atomic E-state index is -4.73. The van der Waals surface area contributed by atoms with Gasteiger partial charge in [0, 0.05) is 22.5 Å². The molecule has 1 heterocycles. The van der Waals surface area contributed by atoms with Crippen LogP contribution in [0.1, 0.15) is 0 Å². The number of halogens is 4. The lowest BCUT2D eigenvalue weighted by Gasteiger charge is -2.11. The molecule has 0 fully saturated rings. The largest absolute Gasteiger partial charge is 0.573 e. The van der Waals surface area contributed by atoms with E-state index in [9.17, 15) is 13.2 Å². The summed E-state index contributed by atoms with van der Waals surface area (Å²) in [7, 11) is 0. The average Bonchev–Trinajstić information content (AvgIpc) is 2.56. The van der Waals surface area contributed by atoms with E-state index in [-0.39, 0.29) is 5.75 Å². The minimum absolute atomic E-state index is 0.277. The first-order valence-electron chi connectivity index (χ1n) is 7.23. The van der Waals surface area contributed by atoms with Crippen molar-refractivity contribution in [2.45, 2.75) is 6.36 Å². The lowest BCUT2D eigenvalue weighted by Crippen LogP contribution is -2.17. The van der Waals surface area contributed by atoms with Gasteiger partial charge in [-0.2, -0.15) is 0 Å². The molecular weight excluding hydrogens is 353 g/mol. The quantitative estimate of drug-likeness (QED) is 0.612. The zero-order chi connectivity index (χ0) is 17.9. The van der Waals surface area contributed by atoms with E-state index in [0.717, 1.165) is 5.69 Å². The van der Waals surface area contributed by atoms with Gasteiger partial charge in [-0.3, -0.25) is 4.98 Å². The summed E-state index contributed by atoms with van der Waals surface area (Å²) in [6.07, 6.45) is -1.54. The molecule has 3 aromatic rings. The van der Waals surface area contributed by atoms with Gasteiger partial charge in [0.2, 0.25) is 0 Å². The molecule has 0 amide bonds. The summed E-state index contributed by atoms with van der Waals surface area (Å²) >= 11 is 5.85. The molecule has 0 aliphatic carbocycles. The van der Waals surface area contributed by atoms with Crippen LogP contribution in [0.15, 0.2) is 67.0 Å². The first-order valence-corrected chi connectivity index (χ1v) is 7.61. The highest BCUT2D eigenvalue weighted by molar-refractivity contribution is 6.30. The van der Waals surface area contributed by atoms with Gasteiger partial charge in [-0.05, 0) is 48.0 Å². The lowest BCUT2D eigenvalue weighted by atomic mass is 10.1. The number of rotatable bonds is 4. The molecule has 2 aromatic carbocycles. The van der Waals surface area contributed by atoms with Gasteiger partial charge in [0.25, 0.3) is 0 Å². The van der Waals surface area contributed by atoms with Crippen LogP contribution >= 0.6 is 11.6 Å². The Kier molecular flexibility index (Phi) is 4.81. The number of nitrogens with one attached hydrogen (secondary N) is 1. The van der Waals surface area contributed by atoms with E-state index in [4.69, 9.17) is 11.6 Å². The summed E-state index contributed by atoms with van der Waals surface area (Å²) in [5, 5.41) is 3.79. The summed E-state index contributed by atoms with van der Waals surface area (Å²) in [6, 6.07) is 14.7. The van der Waals surface area contributed by atoms with Crippen LogP contribution in [0, 0.1) is 0 Å². The highest BCUT2D eigenvalue weighted by Gasteiger charge is 2.31. The molecule has 25 heavy (non-hydrogen) atoms. The molecule has 0 atom stereocenters. The number of anilines is 2. The Morgan fingerprint density at radius 2 is 1.64 bits per heavy atom. The number of benzene rings is 2. The van der Waals surface area contributed by atoms with Crippen LogP contribution in [0.5, 0.6) is 5.75 Å². The maximum absolute atomic E-state index is 12.4. The highest BCUT2D eigenvalue weighted by Crippen LogP contribution is 2.29. The lowest BCUT2D eigenvalue weighted by molar-refractivity contribution is -0.274. The van der Waals surface area contributed by atoms with Crippen molar-refractivity contribution in [2.75, 3.05) is 5.32 Å². The minimum Gasteiger partial charge on any atom is -0.406 e. The number of aromatic nitrogens is 1. The van der Waals surface area contributed by atoms with Crippen LogP contribution in [0.25, 0.3) is 11.1 Å². The number of nitrogens with zero attached hydrogens (tertiary/aromatic N) is 1. The van der Waals surface area contributed by atoms with Crippen molar-refractivity contribution in [3.8, 4) is 16.9 Å². The Bertz CT molecular complexity index is 867. The fourth-order valence-electron chi connectivity index (χ4n) is 2.24. The van der Waals surface area contributed by atoms with Gasteiger partial charge in [-0.1, -0.05) is 23.7 Å². The molecule has 1 aromatic heterocycles. The summed E-state index contributed by atoms with van der Waals surface area (Å²) in [6.45, 7) is 0. The molecule has 3 rings (SSSR count). The van der Waals surface area contributed by atoms with Gasteiger partial charge in [0.1, 0.15) is 5.75 Å². The summed E-state index contributed by atoms with van der Waals surface area (Å²) in [5.41, 5.74) is 2.74. The second-order valence-electron chi connectivity index (χ2n) is 5.17. The number of alkyl halides is 3. The van der Waals surface area contributed by atoms with E-state index >= 15 is 0 Å². The smallest absolute Gasteiger partial charge is 0.406 e. The van der Waals surface area contributed by atoms with E-state index in [1.807, 2.05) is 12.1 Å².